The van der Waals surface area contributed by atoms with E-state index in [1.165, 1.54) is 0 Å². The molecule has 2 unspecified atom stereocenters. The summed E-state index contributed by atoms with van der Waals surface area (Å²) in [6.45, 7) is 21.4. The third-order valence-corrected chi connectivity index (χ3v) is 2.65. The normalized spacial score (nSPS) is 20.5. The maximum Gasteiger partial charge on any atom is 0.119 e. The minimum absolute atomic E-state index is 0. The van der Waals surface area contributed by atoms with Crippen LogP contribution in [0.2, 0.25) is 0 Å². The van der Waals surface area contributed by atoms with Crippen LogP contribution < -0.4 is 16.8 Å². The molecule has 0 aliphatic carbocycles. The molecular weight excluding hydrogens is 387 g/mol. The Bertz CT molecular complexity index is 327. The predicted octanol–water partition coefficient (Wildman–Crippen LogP) is 3.68. The van der Waals surface area contributed by atoms with Gasteiger partial charge < -0.3 is 28.0 Å². The summed E-state index contributed by atoms with van der Waals surface area (Å²) >= 11 is 0. The zero-order valence-corrected chi connectivity index (χ0v) is 21.3. The van der Waals surface area contributed by atoms with Crippen LogP contribution in [0.3, 0.4) is 0 Å². The SMILES string of the molecule is CC(C)(C)N.CC(C)(C)N.CC1[CH-]C(C(=O)CCC(C)(C)C)NC1.[Y]. The van der Waals surface area contributed by atoms with Crippen molar-refractivity contribution < 1.29 is 37.5 Å². The Morgan fingerprint density at radius 2 is 1.36 bits per heavy atom. The molecule has 1 radical (unpaired) electrons. The van der Waals surface area contributed by atoms with Gasteiger partial charge in [-0.05, 0) is 59.9 Å². The van der Waals surface area contributed by atoms with E-state index in [-0.39, 0.29) is 55.2 Å². The smallest absolute Gasteiger partial charge is 0.119 e. The van der Waals surface area contributed by atoms with Gasteiger partial charge in [-0.25, -0.2) is 0 Å². The van der Waals surface area contributed by atoms with Crippen LogP contribution in [-0.4, -0.2) is 29.4 Å². The Balaban J connectivity index is -0.000000368. The fraction of sp³-hybridized carbons (Fsp3) is 0.900. The van der Waals surface area contributed by atoms with Crippen molar-refractivity contribution in [2.75, 3.05) is 6.54 Å². The van der Waals surface area contributed by atoms with E-state index in [0.717, 1.165) is 13.0 Å². The van der Waals surface area contributed by atoms with E-state index < -0.39 is 0 Å². The van der Waals surface area contributed by atoms with Crippen LogP contribution in [0.1, 0.15) is 82.1 Å². The zero-order valence-electron chi connectivity index (χ0n) is 18.5. The van der Waals surface area contributed by atoms with Crippen molar-refractivity contribution in [1.82, 2.24) is 5.32 Å². The number of carbonyl (C=O) groups is 1. The number of rotatable bonds is 3. The number of hydrogen-bond acceptors (Lipinski definition) is 4. The molecule has 0 amide bonds. The molecule has 0 spiro atoms. The monoisotopic (exact) mass is 431 g/mol. The first-order valence-electron chi connectivity index (χ1n) is 9.07. The van der Waals surface area contributed by atoms with Crippen LogP contribution in [0.5, 0.6) is 0 Å². The molecule has 1 fully saturated rings. The van der Waals surface area contributed by atoms with Gasteiger partial charge in [0.05, 0.1) is 0 Å². The zero-order chi connectivity index (χ0) is 19.8. The maximum atomic E-state index is 11.7. The van der Waals surface area contributed by atoms with Gasteiger partial charge in [0, 0.05) is 50.2 Å². The second-order valence-corrected chi connectivity index (χ2v) is 10.3. The molecule has 1 rings (SSSR count). The van der Waals surface area contributed by atoms with E-state index in [9.17, 15) is 4.79 Å². The molecule has 0 aromatic heterocycles. The van der Waals surface area contributed by atoms with Crippen molar-refractivity contribution in [2.24, 2.45) is 22.8 Å². The predicted molar refractivity (Wildman–Crippen MR) is 107 cm³/mol. The number of carbonyl (C=O) groups excluding carboxylic acids is 1. The van der Waals surface area contributed by atoms with Crippen LogP contribution in [0, 0.1) is 17.8 Å². The molecule has 1 aliphatic heterocycles. The van der Waals surface area contributed by atoms with Crippen LogP contribution in [0.25, 0.3) is 0 Å². The average molecular weight is 431 g/mol. The molecule has 0 aromatic carbocycles. The van der Waals surface area contributed by atoms with Gasteiger partial charge in [0.15, 0.2) is 0 Å². The summed E-state index contributed by atoms with van der Waals surface area (Å²) in [5.41, 5.74) is 11.0. The summed E-state index contributed by atoms with van der Waals surface area (Å²) in [7, 11) is 0. The molecule has 4 nitrogen and oxygen atoms in total. The van der Waals surface area contributed by atoms with Gasteiger partial charge in [-0.15, -0.1) is 0 Å². The Morgan fingerprint density at radius 3 is 1.60 bits per heavy atom. The first-order valence-corrected chi connectivity index (χ1v) is 9.07. The Morgan fingerprint density at radius 1 is 1.00 bits per heavy atom. The van der Waals surface area contributed by atoms with Gasteiger partial charge in [-0.1, -0.05) is 33.7 Å². The second kappa shape index (κ2) is 12.9. The first kappa shape index (κ1) is 30.4. The van der Waals surface area contributed by atoms with Crippen molar-refractivity contribution in [3.05, 3.63) is 6.42 Å². The molecule has 25 heavy (non-hydrogen) atoms. The number of nitrogens with two attached hydrogens (primary N) is 2. The van der Waals surface area contributed by atoms with E-state index >= 15 is 0 Å². The fourth-order valence-corrected chi connectivity index (χ4v) is 1.65. The van der Waals surface area contributed by atoms with Crippen molar-refractivity contribution in [1.29, 1.82) is 0 Å². The first-order chi connectivity index (χ1) is 10.4. The van der Waals surface area contributed by atoms with Gasteiger partial charge in [0.1, 0.15) is 5.78 Å². The largest absolute Gasteiger partial charge is 0.338 e. The average Bonchev–Trinajstić information content (AvgIpc) is 2.67. The third-order valence-electron chi connectivity index (χ3n) is 2.65. The fourth-order valence-electron chi connectivity index (χ4n) is 1.65. The summed E-state index contributed by atoms with van der Waals surface area (Å²) in [6, 6.07) is 0.0207. The van der Waals surface area contributed by atoms with Gasteiger partial charge in [-0.2, -0.15) is 5.92 Å². The van der Waals surface area contributed by atoms with Crippen LogP contribution in [0.15, 0.2) is 0 Å². The number of ketones is 1. The summed E-state index contributed by atoms with van der Waals surface area (Å²) in [6.07, 6.45) is 3.81. The Labute approximate surface area is 182 Å². The van der Waals surface area contributed by atoms with E-state index in [1.54, 1.807) is 0 Å². The van der Waals surface area contributed by atoms with E-state index in [0.29, 0.717) is 18.1 Å². The molecule has 0 aromatic rings. The quantitative estimate of drug-likeness (QED) is 0.596. The van der Waals surface area contributed by atoms with E-state index in [2.05, 4.69) is 39.4 Å². The van der Waals surface area contributed by atoms with Gasteiger partial charge in [0.2, 0.25) is 0 Å². The van der Waals surface area contributed by atoms with E-state index in [4.69, 9.17) is 11.5 Å². The summed E-state index contributed by atoms with van der Waals surface area (Å²) in [5.74, 6) is 0.892. The molecule has 2 atom stereocenters. The second-order valence-electron chi connectivity index (χ2n) is 10.3. The molecule has 149 valence electrons. The van der Waals surface area contributed by atoms with Gasteiger partial charge in [0.25, 0.3) is 0 Å². The molecule has 1 heterocycles. The standard InChI is InChI=1S/C12H22NO.2C4H11N.Y/c1-9-7-10(13-8-9)11(14)5-6-12(2,3)4;2*1-4(2,3)5;/h7,9-10,13H,5-6,8H2,1-4H3;2*5H2,1-3H3;/q-1;;;. The Hall–Kier alpha value is 0.654. The maximum absolute atomic E-state index is 11.7. The summed E-state index contributed by atoms with van der Waals surface area (Å²) in [4.78, 5) is 11.7. The summed E-state index contributed by atoms with van der Waals surface area (Å²) < 4.78 is 0. The van der Waals surface area contributed by atoms with Gasteiger partial charge in [-0.3, -0.25) is 0 Å². The van der Waals surface area contributed by atoms with Crippen LogP contribution in [0.4, 0.5) is 0 Å². The van der Waals surface area contributed by atoms with Gasteiger partial charge >= 0.3 is 0 Å². The molecular formula is C20H44N3OY-. The minimum atomic E-state index is 0. The van der Waals surface area contributed by atoms with Crippen molar-refractivity contribution in [3.8, 4) is 0 Å². The topological polar surface area (TPSA) is 81.1 Å². The van der Waals surface area contributed by atoms with E-state index in [1.807, 2.05) is 41.5 Å². The summed E-state index contributed by atoms with van der Waals surface area (Å²) in [5, 5.41) is 3.24. The number of Topliss-reactive ketones (excluding diaryl/α,β-unsaturated/α-hetero) is 1. The van der Waals surface area contributed by atoms with Crippen LogP contribution in [-0.2, 0) is 37.5 Å². The molecule has 1 aliphatic rings. The number of hydrogen-bond donors (Lipinski definition) is 3. The minimum Gasteiger partial charge on any atom is -0.338 e. The third kappa shape index (κ3) is 32.8. The molecule has 0 bridgehead atoms. The van der Waals surface area contributed by atoms with Crippen LogP contribution >= 0.6 is 0 Å². The van der Waals surface area contributed by atoms with Crippen molar-refractivity contribution in [2.45, 2.75) is 99.2 Å². The molecule has 5 N–H and O–H groups in total. The molecule has 0 saturated carbocycles. The Kier molecular flexibility index (Phi) is 15.7. The van der Waals surface area contributed by atoms with Crippen molar-refractivity contribution >= 4 is 5.78 Å². The van der Waals surface area contributed by atoms with Crippen molar-refractivity contribution in [3.63, 3.8) is 0 Å². The number of nitrogens with one attached hydrogen (secondary N) is 1. The molecule has 5 heteroatoms. The molecule has 1 saturated heterocycles.